The predicted molar refractivity (Wildman–Crippen MR) is 105 cm³/mol. The number of benzene rings is 2. The minimum atomic E-state index is -0.548. The van der Waals surface area contributed by atoms with Gasteiger partial charge in [-0.25, -0.2) is 9.29 Å². The Kier molecular flexibility index (Phi) is 5.24. The van der Waals surface area contributed by atoms with E-state index in [1.807, 2.05) is 0 Å². The van der Waals surface area contributed by atoms with Crippen molar-refractivity contribution in [3.8, 4) is 0 Å². The normalized spacial score (nSPS) is 21.5. The number of para-hydroxylation sites is 1. The lowest BCUT2D eigenvalue weighted by atomic mass is 10.1. The third kappa shape index (κ3) is 3.70. The van der Waals surface area contributed by atoms with Gasteiger partial charge >= 0.3 is 0 Å². The zero-order valence-electron chi connectivity index (χ0n) is 16.0. The van der Waals surface area contributed by atoms with E-state index in [1.54, 1.807) is 12.1 Å². The molecule has 2 aliphatic heterocycles. The summed E-state index contributed by atoms with van der Waals surface area (Å²) in [5, 5.41) is 0. The van der Waals surface area contributed by atoms with Crippen molar-refractivity contribution in [1.29, 1.82) is 0 Å². The van der Waals surface area contributed by atoms with Crippen molar-refractivity contribution in [3.05, 3.63) is 65.5 Å². The number of halogens is 1. The number of nitrogens with zero attached hydrogens (tertiary/aromatic N) is 3. The van der Waals surface area contributed by atoms with Gasteiger partial charge in [-0.15, -0.1) is 0 Å². The lowest BCUT2D eigenvalue weighted by Gasteiger charge is -2.37. The summed E-state index contributed by atoms with van der Waals surface area (Å²) >= 11 is 0. The Morgan fingerprint density at radius 3 is 2.46 bits per heavy atom. The number of imide groups is 1. The molecule has 0 saturated carbocycles. The smallest absolute Gasteiger partial charge is 0.251 e. The van der Waals surface area contributed by atoms with Crippen LogP contribution >= 0.6 is 0 Å². The van der Waals surface area contributed by atoms with Gasteiger partial charge in [0.1, 0.15) is 5.82 Å². The van der Waals surface area contributed by atoms with Crippen LogP contribution in [0.2, 0.25) is 0 Å². The molecule has 6 heteroatoms. The van der Waals surface area contributed by atoms with Gasteiger partial charge in [0.2, 0.25) is 5.91 Å². The first kappa shape index (κ1) is 18.8. The molecule has 5 nitrogen and oxygen atoms in total. The van der Waals surface area contributed by atoms with Gasteiger partial charge in [0, 0.05) is 32.7 Å². The largest absolute Gasteiger partial charge is 0.297 e. The highest BCUT2D eigenvalue weighted by Crippen LogP contribution is 2.28. The van der Waals surface area contributed by atoms with Gasteiger partial charge in [0.05, 0.1) is 18.2 Å². The maximum atomic E-state index is 14.1. The molecule has 2 fully saturated rings. The van der Waals surface area contributed by atoms with Crippen molar-refractivity contribution < 1.29 is 14.0 Å². The van der Waals surface area contributed by atoms with E-state index in [-0.39, 0.29) is 23.9 Å². The Hall–Kier alpha value is -2.57. The van der Waals surface area contributed by atoms with Crippen LogP contribution in [-0.4, -0.2) is 53.8 Å². The minimum Gasteiger partial charge on any atom is -0.297 e. The summed E-state index contributed by atoms with van der Waals surface area (Å²) in [6.07, 6.45) is 0.116. The first-order valence-corrected chi connectivity index (χ1v) is 9.66. The molecular weight excluding hydrogens is 357 g/mol. The van der Waals surface area contributed by atoms with E-state index in [1.165, 1.54) is 23.3 Å². The molecule has 2 aromatic carbocycles. The van der Waals surface area contributed by atoms with Crippen molar-refractivity contribution in [1.82, 2.24) is 9.80 Å². The second-order valence-electron chi connectivity index (χ2n) is 7.54. The van der Waals surface area contributed by atoms with Crippen molar-refractivity contribution >= 4 is 17.5 Å². The van der Waals surface area contributed by atoms with E-state index in [2.05, 4.69) is 41.0 Å². The Morgan fingerprint density at radius 1 is 1.00 bits per heavy atom. The van der Waals surface area contributed by atoms with Gasteiger partial charge in [-0.05, 0) is 24.6 Å². The zero-order valence-corrected chi connectivity index (χ0v) is 16.0. The van der Waals surface area contributed by atoms with Crippen molar-refractivity contribution in [2.45, 2.75) is 25.9 Å². The highest BCUT2D eigenvalue weighted by molar-refractivity contribution is 6.22. The fourth-order valence-corrected chi connectivity index (χ4v) is 4.09. The SMILES string of the molecule is Cc1cccc(CN2CCN([C@H]3CC(=O)N(c4ccccc4F)C3=O)CC2)c1. The predicted octanol–water partition coefficient (Wildman–Crippen LogP) is 2.58. The summed E-state index contributed by atoms with van der Waals surface area (Å²) in [5.74, 6) is -1.20. The van der Waals surface area contributed by atoms with Crippen LogP contribution in [0.25, 0.3) is 0 Å². The molecule has 0 unspecified atom stereocenters. The fourth-order valence-electron chi connectivity index (χ4n) is 4.09. The van der Waals surface area contributed by atoms with Crippen LogP contribution in [0.3, 0.4) is 0 Å². The van der Waals surface area contributed by atoms with E-state index in [0.717, 1.165) is 37.6 Å². The summed E-state index contributed by atoms with van der Waals surface area (Å²) < 4.78 is 14.1. The molecular formula is C22H24FN3O2. The van der Waals surface area contributed by atoms with Crippen molar-refractivity contribution in [2.24, 2.45) is 0 Å². The Bertz CT molecular complexity index is 893. The number of aryl methyl sites for hydroxylation is 1. The molecule has 1 atom stereocenters. The van der Waals surface area contributed by atoms with Gasteiger partial charge in [0.15, 0.2) is 0 Å². The Balaban J connectivity index is 1.39. The molecule has 0 bridgehead atoms. The highest BCUT2D eigenvalue weighted by Gasteiger charge is 2.44. The van der Waals surface area contributed by atoms with Crippen LogP contribution in [0.15, 0.2) is 48.5 Å². The molecule has 2 saturated heterocycles. The molecule has 2 aromatic rings. The molecule has 146 valence electrons. The molecule has 28 heavy (non-hydrogen) atoms. The van der Waals surface area contributed by atoms with E-state index in [4.69, 9.17) is 0 Å². The van der Waals surface area contributed by atoms with Gasteiger partial charge in [-0.1, -0.05) is 42.0 Å². The van der Waals surface area contributed by atoms with Crippen LogP contribution in [0, 0.1) is 12.7 Å². The van der Waals surface area contributed by atoms with E-state index in [9.17, 15) is 14.0 Å². The van der Waals surface area contributed by atoms with Crippen molar-refractivity contribution in [2.75, 3.05) is 31.1 Å². The number of rotatable bonds is 4. The molecule has 0 spiro atoms. The number of carbonyl (C=O) groups excluding carboxylic acids is 2. The lowest BCUT2D eigenvalue weighted by molar-refractivity contribution is -0.123. The number of piperazine rings is 1. The molecule has 0 radical (unpaired) electrons. The molecule has 4 rings (SSSR count). The standard InChI is InChI=1S/C22H24FN3O2/c1-16-5-4-6-17(13-16)15-24-9-11-25(12-10-24)20-14-21(27)26(22(20)28)19-8-3-2-7-18(19)23/h2-8,13,20H,9-12,14-15H2,1H3/t20-/m0/s1. The second-order valence-corrected chi connectivity index (χ2v) is 7.54. The van der Waals surface area contributed by atoms with Crippen LogP contribution in [0.5, 0.6) is 0 Å². The van der Waals surface area contributed by atoms with E-state index in [0.29, 0.717) is 0 Å². The van der Waals surface area contributed by atoms with Gasteiger partial charge in [-0.3, -0.25) is 19.4 Å². The summed E-state index contributed by atoms with van der Waals surface area (Å²) in [4.78, 5) is 30.7. The van der Waals surface area contributed by atoms with Crippen LogP contribution in [0.4, 0.5) is 10.1 Å². The second kappa shape index (κ2) is 7.81. The molecule has 0 N–H and O–H groups in total. The molecule has 2 heterocycles. The third-order valence-corrected chi connectivity index (χ3v) is 5.55. The summed E-state index contributed by atoms with van der Waals surface area (Å²) in [5.41, 5.74) is 2.59. The number of amides is 2. The van der Waals surface area contributed by atoms with Crippen molar-refractivity contribution in [3.63, 3.8) is 0 Å². The quantitative estimate of drug-likeness (QED) is 0.764. The van der Waals surface area contributed by atoms with E-state index >= 15 is 0 Å². The summed E-state index contributed by atoms with van der Waals surface area (Å²) in [7, 11) is 0. The highest BCUT2D eigenvalue weighted by atomic mass is 19.1. The molecule has 2 aliphatic rings. The van der Waals surface area contributed by atoms with Crippen LogP contribution in [-0.2, 0) is 16.1 Å². The monoisotopic (exact) mass is 381 g/mol. The maximum Gasteiger partial charge on any atom is 0.251 e. The topological polar surface area (TPSA) is 43.9 Å². The minimum absolute atomic E-state index is 0.0538. The molecule has 0 aromatic heterocycles. The van der Waals surface area contributed by atoms with Gasteiger partial charge in [-0.2, -0.15) is 0 Å². The number of hydrogen-bond donors (Lipinski definition) is 0. The number of carbonyl (C=O) groups is 2. The average Bonchev–Trinajstić information content (AvgIpc) is 2.97. The number of hydrogen-bond acceptors (Lipinski definition) is 4. The van der Waals surface area contributed by atoms with Gasteiger partial charge in [0.25, 0.3) is 5.91 Å². The first-order valence-electron chi connectivity index (χ1n) is 9.66. The zero-order chi connectivity index (χ0) is 19.7. The van der Waals surface area contributed by atoms with Crippen LogP contribution in [0.1, 0.15) is 17.5 Å². The fraction of sp³-hybridized carbons (Fsp3) is 0.364. The van der Waals surface area contributed by atoms with Crippen LogP contribution < -0.4 is 4.90 Å². The number of anilines is 1. The van der Waals surface area contributed by atoms with Gasteiger partial charge < -0.3 is 0 Å². The maximum absolute atomic E-state index is 14.1. The first-order chi connectivity index (χ1) is 13.5. The average molecular weight is 381 g/mol. The van der Waals surface area contributed by atoms with E-state index < -0.39 is 11.9 Å². The lowest BCUT2D eigenvalue weighted by Crippen LogP contribution is -2.52. The summed E-state index contributed by atoms with van der Waals surface area (Å²) in [6.45, 7) is 6.10. The summed E-state index contributed by atoms with van der Waals surface area (Å²) in [6, 6.07) is 13.9. The Morgan fingerprint density at radius 2 is 1.75 bits per heavy atom. The molecule has 0 aliphatic carbocycles. The molecule has 2 amide bonds. The Labute approximate surface area is 164 Å². The third-order valence-electron chi connectivity index (χ3n) is 5.55.